The summed E-state index contributed by atoms with van der Waals surface area (Å²) in [7, 11) is 0. The second-order valence-electron chi connectivity index (χ2n) is 7.62. The van der Waals surface area contributed by atoms with Crippen LogP contribution in [0.5, 0.6) is 34.5 Å². The Kier molecular flexibility index (Phi) is 4.72. The van der Waals surface area contributed by atoms with Crippen molar-refractivity contribution in [3.63, 3.8) is 0 Å². The number of hydrogen-bond donors (Lipinski definition) is 1. The van der Waals surface area contributed by atoms with Gasteiger partial charge in [0.25, 0.3) is 5.91 Å². The van der Waals surface area contributed by atoms with Crippen molar-refractivity contribution in [3.05, 3.63) is 71.5 Å². The molecule has 0 atom stereocenters. The maximum Gasteiger partial charge on any atom is 0.262 e. The van der Waals surface area contributed by atoms with Crippen LogP contribution in [0.3, 0.4) is 0 Å². The van der Waals surface area contributed by atoms with Crippen LogP contribution in [0.15, 0.2) is 60.4 Å². The molecule has 170 valence electrons. The average molecular weight is 459 g/mol. The summed E-state index contributed by atoms with van der Waals surface area (Å²) in [6.07, 6.45) is 1.64. The van der Waals surface area contributed by atoms with Gasteiger partial charge in [0.15, 0.2) is 35.4 Å². The zero-order chi connectivity index (χ0) is 23.1. The molecular formula is C25H17NO8. The number of anilines is 1. The maximum absolute atomic E-state index is 12.7. The molecule has 3 aromatic rings. The van der Waals surface area contributed by atoms with Crippen molar-refractivity contribution in [2.45, 2.75) is 0 Å². The molecule has 0 aliphatic carbocycles. The van der Waals surface area contributed by atoms with Crippen LogP contribution in [0.4, 0.5) is 5.69 Å². The summed E-state index contributed by atoms with van der Waals surface area (Å²) >= 11 is 0. The fraction of sp³-hybridized carbons (Fsp3) is 0.120. The number of carbonyl (C=O) groups excluding carboxylic acids is 2. The molecule has 3 heterocycles. The third kappa shape index (κ3) is 3.73. The number of benzene rings is 3. The van der Waals surface area contributed by atoms with Gasteiger partial charge in [0.2, 0.25) is 19.4 Å². The lowest BCUT2D eigenvalue weighted by molar-refractivity contribution is -0.118. The highest BCUT2D eigenvalue weighted by molar-refractivity contribution is 6.14. The maximum atomic E-state index is 12.7. The van der Waals surface area contributed by atoms with Crippen LogP contribution in [0, 0.1) is 0 Å². The van der Waals surface area contributed by atoms with Gasteiger partial charge in [-0.05, 0) is 48.0 Å². The smallest absolute Gasteiger partial charge is 0.262 e. The number of fused-ring (bicyclic) bond motifs is 3. The van der Waals surface area contributed by atoms with Crippen LogP contribution in [0.1, 0.15) is 15.9 Å². The van der Waals surface area contributed by atoms with Crippen LogP contribution in [0.2, 0.25) is 0 Å². The molecule has 9 heteroatoms. The molecule has 0 spiro atoms. The Hall–Kier alpha value is -4.66. The van der Waals surface area contributed by atoms with Gasteiger partial charge in [-0.25, -0.2) is 0 Å². The summed E-state index contributed by atoms with van der Waals surface area (Å²) in [5.74, 6) is 2.85. The van der Waals surface area contributed by atoms with Gasteiger partial charge in [-0.1, -0.05) is 6.07 Å². The number of amides is 1. The van der Waals surface area contributed by atoms with Crippen molar-refractivity contribution in [1.82, 2.24) is 0 Å². The number of carbonyl (C=O) groups is 2. The molecule has 0 saturated heterocycles. The molecule has 0 unspecified atom stereocenters. The number of Topliss-reactive ketones (excluding diaryl/α,β-unsaturated/α-hetero) is 1. The van der Waals surface area contributed by atoms with Crippen molar-refractivity contribution in [2.24, 2.45) is 0 Å². The highest BCUT2D eigenvalue weighted by Crippen LogP contribution is 2.37. The quantitative estimate of drug-likeness (QED) is 0.576. The fourth-order valence-electron chi connectivity index (χ4n) is 3.73. The zero-order valence-corrected chi connectivity index (χ0v) is 17.7. The van der Waals surface area contributed by atoms with Gasteiger partial charge >= 0.3 is 0 Å². The normalized spacial score (nSPS) is 15.8. The van der Waals surface area contributed by atoms with Gasteiger partial charge in [-0.3, -0.25) is 9.59 Å². The predicted octanol–water partition coefficient (Wildman–Crippen LogP) is 3.78. The van der Waals surface area contributed by atoms with E-state index in [-0.39, 0.29) is 37.6 Å². The van der Waals surface area contributed by atoms with E-state index in [1.165, 1.54) is 0 Å². The number of ether oxygens (including phenoxy) is 6. The minimum absolute atomic E-state index is 0.159. The molecule has 3 aromatic carbocycles. The first-order valence-electron chi connectivity index (χ1n) is 10.4. The minimum atomic E-state index is -0.347. The SMILES string of the molecule is O=C(COc1ccc2c(c1)OC(=Cc1ccc3c(c1)OCO3)C2=O)Nc1ccc2c(c1)OCO2. The lowest BCUT2D eigenvalue weighted by atomic mass is 10.1. The van der Waals surface area contributed by atoms with E-state index in [1.54, 1.807) is 54.6 Å². The number of allylic oxidation sites excluding steroid dienone is 1. The Labute approximate surface area is 193 Å². The molecule has 0 radical (unpaired) electrons. The first kappa shape index (κ1) is 20.0. The molecule has 0 fully saturated rings. The van der Waals surface area contributed by atoms with Gasteiger partial charge in [0.1, 0.15) is 11.5 Å². The van der Waals surface area contributed by atoms with Gasteiger partial charge in [-0.15, -0.1) is 0 Å². The lowest BCUT2D eigenvalue weighted by Crippen LogP contribution is -2.20. The number of nitrogens with one attached hydrogen (secondary N) is 1. The van der Waals surface area contributed by atoms with Crippen LogP contribution in [-0.4, -0.2) is 31.9 Å². The van der Waals surface area contributed by atoms with E-state index in [9.17, 15) is 9.59 Å². The molecule has 0 saturated carbocycles. The summed E-state index contributed by atoms with van der Waals surface area (Å²) in [6, 6.07) is 15.3. The van der Waals surface area contributed by atoms with Crippen molar-refractivity contribution >= 4 is 23.5 Å². The standard InChI is InChI=1S/C25H17NO8/c27-24(26-15-2-6-19-22(9-15)33-13-31-19)11-29-16-3-4-17-20(10-16)34-23(25(17)28)8-14-1-5-18-21(7-14)32-12-30-18/h1-10H,11-13H2,(H,26,27). The van der Waals surface area contributed by atoms with Crippen LogP contribution >= 0.6 is 0 Å². The third-order valence-electron chi connectivity index (χ3n) is 5.36. The van der Waals surface area contributed by atoms with Gasteiger partial charge < -0.3 is 33.7 Å². The topological polar surface area (TPSA) is 102 Å². The Morgan fingerprint density at radius 1 is 0.853 bits per heavy atom. The Bertz CT molecular complexity index is 1360. The monoisotopic (exact) mass is 459 g/mol. The van der Waals surface area contributed by atoms with Crippen molar-refractivity contribution in [2.75, 3.05) is 25.5 Å². The van der Waals surface area contributed by atoms with E-state index in [4.69, 9.17) is 28.4 Å². The molecule has 9 nitrogen and oxygen atoms in total. The molecule has 1 amide bonds. The molecule has 1 N–H and O–H groups in total. The second kappa shape index (κ2) is 8.04. The largest absolute Gasteiger partial charge is 0.484 e. The fourth-order valence-corrected chi connectivity index (χ4v) is 3.73. The van der Waals surface area contributed by atoms with Crippen molar-refractivity contribution in [3.8, 4) is 34.5 Å². The summed E-state index contributed by atoms with van der Waals surface area (Å²) in [5.41, 5.74) is 1.74. The van der Waals surface area contributed by atoms with Gasteiger partial charge in [-0.2, -0.15) is 0 Å². The molecule has 34 heavy (non-hydrogen) atoms. The molecular weight excluding hydrogens is 442 g/mol. The first-order chi connectivity index (χ1) is 16.6. The van der Waals surface area contributed by atoms with E-state index in [0.29, 0.717) is 45.7 Å². The predicted molar refractivity (Wildman–Crippen MR) is 119 cm³/mol. The average Bonchev–Trinajstić information content (AvgIpc) is 3.56. The number of rotatable bonds is 5. The molecule has 3 aliphatic rings. The summed E-state index contributed by atoms with van der Waals surface area (Å²) < 4.78 is 32.6. The Morgan fingerprint density at radius 2 is 1.59 bits per heavy atom. The molecule has 6 rings (SSSR count). The van der Waals surface area contributed by atoms with Gasteiger partial charge in [0, 0.05) is 17.8 Å². The summed E-state index contributed by atoms with van der Waals surface area (Å²) in [4.78, 5) is 25.0. The van der Waals surface area contributed by atoms with Crippen LogP contribution in [0.25, 0.3) is 6.08 Å². The van der Waals surface area contributed by atoms with E-state index in [0.717, 1.165) is 5.56 Å². The van der Waals surface area contributed by atoms with E-state index in [1.807, 2.05) is 6.07 Å². The van der Waals surface area contributed by atoms with Crippen molar-refractivity contribution < 1.29 is 38.0 Å². The third-order valence-corrected chi connectivity index (χ3v) is 5.36. The Balaban J connectivity index is 1.11. The van der Waals surface area contributed by atoms with Gasteiger partial charge in [0.05, 0.1) is 5.56 Å². The highest BCUT2D eigenvalue weighted by Gasteiger charge is 2.28. The second-order valence-corrected chi connectivity index (χ2v) is 7.62. The first-order valence-corrected chi connectivity index (χ1v) is 10.4. The minimum Gasteiger partial charge on any atom is -0.484 e. The summed E-state index contributed by atoms with van der Waals surface area (Å²) in [6.45, 7) is 0.112. The lowest BCUT2D eigenvalue weighted by Gasteiger charge is -2.09. The Morgan fingerprint density at radius 3 is 2.41 bits per heavy atom. The zero-order valence-electron chi connectivity index (χ0n) is 17.7. The van der Waals surface area contributed by atoms with E-state index >= 15 is 0 Å². The highest BCUT2D eigenvalue weighted by atomic mass is 16.7. The van der Waals surface area contributed by atoms with Crippen LogP contribution in [-0.2, 0) is 4.79 Å². The molecule has 0 aromatic heterocycles. The van der Waals surface area contributed by atoms with Crippen LogP contribution < -0.4 is 33.7 Å². The van der Waals surface area contributed by atoms with Crippen molar-refractivity contribution in [1.29, 1.82) is 0 Å². The molecule has 3 aliphatic heterocycles. The number of hydrogen-bond acceptors (Lipinski definition) is 8. The van der Waals surface area contributed by atoms with E-state index in [2.05, 4.69) is 5.32 Å². The van der Waals surface area contributed by atoms with E-state index < -0.39 is 0 Å². The number of ketones is 1. The molecule has 0 bridgehead atoms. The summed E-state index contributed by atoms with van der Waals surface area (Å²) in [5, 5.41) is 2.74.